The summed E-state index contributed by atoms with van der Waals surface area (Å²) in [5, 5.41) is 7.70. The first-order valence-corrected chi connectivity index (χ1v) is 8.54. The molecule has 126 valence electrons. The quantitative estimate of drug-likeness (QED) is 0.857. The Bertz CT molecular complexity index is 776. The predicted molar refractivity (Wildman–Crippen MR) is 89.1 cm³/mol. The van der Waals surface area contributed by atoms with E-state index in [1.807, 2.05) is 0 Å². The van der Waals surface area contributed by atoms with Gasteiger partial charge in [-0.2, -0.15) is 5.10 Å². The average molecular weight is 327 g/mol. The van der Waals surface area contributed by atoms with E-state index in [9.17, 15) is 4.79 Å². The standard InChI is InChI=1S/C17H21N5O2/c23-16-7-4-8-20-22(16)15-10-24-9-14(15)21-17-12-5-2-1-3-6-13(12)18-11-19-17/h4,7-8,11,14-15H,1-3,5-6,9-10H2,(H,18,19,21). The zero-order valence-corrected chi connectivity index (χ0v) is 13.5. The van der Waals surface area contributed by atoms with Crippen LogP contribution in [-0.4, -0.2) is 39.0 Å². The van der Waals surface area contributed by atoms with Gasteiger partial charge >= 0.3 is 0 Å². The average Bonchev–Trinajstić information content (AvgIpc) is 2.90. The Morgan fingerprint density at radius 3 is 3.00 bits per heavy atom. The molecule has 2 aromatic heterocycles. The summed E-state index contributed by atoms with van der Waals surface area (Å²) in [5.41, 5.74) is 2.26. The maximum Gasteiger partial charge on any atom is 0.267 e. The van der Waals surface area contributed by atoms with Gasteiger partial charge in [0.2, 0.25) is 0 Å². The number of aryl methyl sites for hydroxylation is 1. The van der Waals surface area contributed by atoms with Gasteiger partial charge in [0.15, 0.2) is 0 Å². The molecule has 2 unspecified atom stereocenters. The van der Waals surface area contributed by atoms with Crippen molar-refractivity contribution in [2.24, 2.45) is 0 Å². The second-order valence-electron chi connectivity index (χ2n) is 6.37. The van der Waals surface area contributed by atoms with E-state index in [0.29, 0.717) is 13.2 Å². The molecule has 2 aliphatic rings. The molecule has 4 rings (SSSR count). The van der Waals surface area contributed by atoms with Crippen LogP contribution in [0, 0.1) is 0 Å². The summed E-state index contributed by atoms with van der Waals surface area (Å²) in [7, 11) is 0. The Morgan fingerprint density at radius 2 is 2.08 bits per heavy atom. The number of fused-ring (bicyclic) bond motifs is 1. The fourth-order valence-electron chi connectivity index (χ4n) is 3.54. The van der Waals surface area contributed by atoms with Crippen LogP contribution in [0.15, 0.2) is 29.5 Å². The lowest BCUT2D eigenvalue weighted by molar-refractivity contribution is 0.182. The molecule has 1 aliphatic heterocycles. The van der Waals surface area contributed by atoms with Crippen molar-refractivity contribution in [2.45, 2.75) is 44.2 Å². The van der Waals surface area contributed by atoms with Gasteiger partial charge in [-0.1, -0.05) is 6.42 Å². The minimum absolute atomic E-state index is 0.0279. The highest BCUT2D eigenvalue weighted by Gasteiger charge is 2.32. The Labute approximate surface area is 140 Å². The van der Waals surface area contributed by atoms with Crippen molar-refractivity contribution in [2.75, 3.05) is 18.5 Å². The smallest absolute Gasteiger partial charge is 0.267 e. The van der Waals surface area contributed by atoms with Crippen molar-refractivity contribution in [3.63, 3.8) is 0 Å². The van der Waals surface area contributed by atoms with Crippen LogP contribution in [0.2, 0.25) is 0 Å². The molecule has 7 nitrogen and oxygen atoms in total. The van der Waals surface area contributed by atoms with Crippen LogP contribution in [0.1, 0.15) is 36.6 Å². The van der Waals surface area contributed by atoms with Gasteiger partial charge in [-0.25, -0.2) is 14.6 Å². The zero-order valence-electron chi connectivity index (χ0n) is 13.5. The van der Waals surface area contributed by atoms with Crippen molar-refractivity contribution >= 4 is 5.82 Å². The summed E-state index contributed by atoms with van der Waals surface area (Å²) < 4.78 is 7.12. The van der Waals surface area contributed by atoms with Crippen molar-refractivity contribution in [1.29, 1.82) is 0 Å². The first-order valence-electron chi connectivity index (χ1n) is 8.54. The summed E-state index contributed by atoms with van der Waals surface area (Å²) in [6.45, 7) is 1.01. The second kappa shape index (κ2) is 6.68. The molecule has 0 bridgehead atoms. The molecule has 0 spiro atoms. The molecule has 1 aliphatic carbocycles. The summed E-state index contributed by atoms with van der Waals surface area (Å²) >= 11 is 0. The maximum absolute atomic E-state index is 12.1. The third-order valence-corrected chi connectivity index (χ3v) is 4.80. The molecule has 24 heavy (non-hydrogen) atoms. The third kappa shape index (κ3) is 2.91. The molecule has 2 aromatic rings. The van der Waals surface area contributed by atoms with Gasteiger partial charge in [0.1, 0.15) is 18.2 Å². The molecule has 2 atom stereocenters. The summed E-state index contributed by atoms with van der Waals surface area (Å²) in [6.07, 6.45) is 8.85. The molecule has 7 heteroatoms. The van der Waals surface area contributed by atoms with Gasteiger partial charge in [0, 0.05) is 23.5 Å². The molecule has 1 fully saturated rings. The van der Waals surface area contributed by atoms with E-state index in [1.54, 1.807) is 18.6 Å². The number of ether oxygens (including phenoxy) is 1. The summed E-state index contributed by atoms with van der Waals surface area (Å²) in [5.74, 6) is 0.881. The second-order valence-corrected chi connectivity index (χ2v) is 6.37. The molecule has 1 saturated heterocycles. The number of nitrogens with one attached hydrogen (secondary N) is 1. The SMILES string of the molecule is O=c1cccnn1C1COCC1Nc1ncnc2c1CCCCC2. The normalized spacial score (nSPS) is 23.5. The van der Waals surface area contributed by atoms with Crippen LogP contribution in [0.3, 0.4) is 0 Å². The molecule has 0 saturated carbocycles. The van der Waals surface area contributed by atoms with E-state index in [4.69, 9.17) is 4.74 Å². The van der Waals surface area contributed by atoms with Crippen LogP contribution >= 0.6 is 0 Å². The lowest BCUT2D eigenvalue weighted by Crippen LogP contribution is -2.37. The number of anilines is 1. The van der Waals surface area contributed by atoms with E-state index in [1.165, 1.54) is 35.6 Å². The van der Waals surface area contributed by atoms with Crippen molar-refractivity contribution in [3.05, 3.63) is 46.3 Å². The fraction of sp³-hybridized carbons (Fsp3) is 0.529. The first kappa shape index (κ1) is 15.3. The minimum Gasteiger partial charge on any atom is -0.377 e. The van der Waals surface area contributed by atoms with E-state index < -0.39 is 0 Å². The predicted octanol–water partition coefficient (Wildman–Crippen LogP) is 1.35. The number of hydrogen-bond acceptors (Lipinski definition) is 6. The molecular weight excluding hydrogens is 306 g/mol. The molecule has 0 radical (unpaired) electrons. The summed E-state index contributed by atoms with van der Waals surface area (Å²) in [6, 6.07) is 3.02. The van der Waals surface area contributed by atoms with Gasteiger partial charge in [-0.15, -0.1) is 0 Å². The largest absolute Gasteiger partial charge is 0.377 e. The minimum atomic E-state index is -0.130. The Balaban J connectivity index is 1.61. The maximum atomic E-state index is 12.1. The molecular formula is C17H21N5O2. The molecule has 3 heterocycles. The molecule has 0 aromatic carbocycles. The van der Waals surface area contributed by atoms with Gasteiger partial charge in [0.05, 0.1) is 19.3 Å². The lowest BCUT2D eigenvalue weighted by atomic mass is 10.1. The van der Waals surface area contributed by atoms with Gasteiger partial charge in [-0.3, -0.25) is 4.79 Å². The van der Waals surface area contributed by atoms with E-state index >= 15 is 0 Å². The van der Waals surface area contributed by atoms with Crippen molar-refractivity contribution in [1.82, 2.24) is 19.7 Å². The number of nitrogens with zero attached hydrogens (tertiary/aromatic N) is 4. The van der Waals surface area contributed by atoms with Gasteiger partial charge in [0.25, 0.3) is 5.56 Å². The van der Waals surface area contributed by atoms with E-state index in [2.05, 4.69) is 20.4 Å². The van der Waals surface area contributed by atoms with Crippen LogP contribution in [0.5, 0.6) is 0 Å². The molecule has 1 N–H and O–H groups in total. The van der Waals surface area contributed by atoms with Gasteiger partial charge < -0.3 is 10.1 Å². The third-order valence-electron chi connectivity index (χ3n) is 4.80. The fourth-order valence-corrected chi connectivity index (χ4v) is 3.54. The number of rotatable bonds is 3. The highest BCUT2D eigenvalue weighted by molar-refractivity contribution is 5.47. The van der Waals surface area contributed by atoms with Crippen LogP contribution in [-0.2, 0) is 17.6 Å². The number of hydrogen-bond donors (Lipinski definition) is 1. The highest BCUT2D eigenvalue weighted by atomic mass is 16.5. The van der Waals surface area contributed by atoms with E-state index in [0.717, 1.165) is 24.4 Å². The highest BCUT2D eigenvalue weighted by Crippen LogP contribution is 2.27. The zero-order chi connectivity index (χ0) is 16.4. The van der Waals surface area contributed by atoms with Crippen LogP contribution in [0.25, 0.3) is 0 Å². The Kier molecular flexibility index (Phi) is 4.25. The Hall–Kier alpha value is -2.28. The van der Waals surface area contributed by atoms with Gasteiger partial charge in [-0.05, 0) is 31.7 Å². The monoisotopic (exact) mass is 327 g/mol. The van der Waals surface area contributed by atoms with Crippen LogP contribution in [0.4, 0.5) is 5.82 Å². The number of aromatic nitrogens is 4. The first-order chi connectivity index (χ1) is 11.8. The molecule has 0 amide bonds. The summed E-state index contributed by atoms with van der Waals surface area (Å²) in [4.78, 5) is 21.0. The van der Waals surface area contributed by atoms with Crippen molar-refractivity contribution in [3.8, 4) is 0 Å². The van der Waals surface area contributed by atoms with Crippen molar-refractivity contribution < 1.29 is 4.74 Å². The van der Waals surface area contributed by atoms with Crippen LogP contribution < -0.4 is 10.9 Å². The lowest BCUT2D eigenvalue weighted by Gasteiger charge is -2.22. The topological polar surface area (TPSA) is 81.9 Å². The van der Waals surface area contributed by atoms with E-state index in [-0.39, 0.29) is 17.6 Å². The Morgan fingerprint density at radius 1 is 1.17 bits per heavy atom.